The molecule has 0 radical (unpaired) electrons. The fraction of sp³-hybridized carbons (Fsp3) is 0.471. The first-order valence-corrected chi connectivity index (χ1v) is 6.88. The fourth-order valence-corrected chi connectivity index (χ4v) is 2.34. The molecule has 0 aliphatic heterocycles. The van der Waals surface area contributed by atoms with E-state index in [1.165, 1.54) is 0 Å². The minimum absolute atomic E-state index is 0.129. The van der Waals surface area contributed by atoms with Gasteiger partial charge >= 0.3 is 0 Å². The molecule has 1 aliphatic rings. The smallest absolute Gasteiger partial charge is 0.226 e. The number of benzene rings is 1. The number of carbonyl (C=O) groups excluding carboxylic acids is 1. The molecule has 20 heavy (non-hydrogen) atoms. The summed E-state index contributed by atoms with van der Waals surface area (Å²) in [6, 6.07) is 7.78. The number of nitrogens with zero attached hydrogens (tertiary/aromatic N) is 1. The molecule has 0 bridgehead atoms. The highest BCUT2D eigenvalue weighted by molar-refractivity contribution is 5.82. The van der Waals surface area contributed by atoms with E-state index in [2.05, 4.69) is 25.7 Å². The van der Waals surface area contributed by atoms with Gasteiger partial charge in [-0.15, -0.1) is 0 Å². The summed E-state index contributed by atoms with van der Waals surface area (Å²) in [5, 5.41) is 8.64. The van der Waals surface area contributed by atoms with Crippen LogP contribution in [0.2, 0.25) is 0 Å². The third-order valence-corrected chi connectivity index (χ3v) is 3.87. The van der Waals surface area contributed by atoms with E-state index in [0.29, 0.717) is 6.54 Å². The molecule has 1 atom stereocenters. The normalized spacial score (nSPS) is 18.9. The molecule has 1 saturated carbocycles. The number of carbonyl (C=O) groups is 1. The van der Waals surface area contributed by atoms with Crippen LogP contribution in [0.15, 0.2) is 24.3 Å². The molecule has 1 unspecified atom stereocenters. The van der Waals surface area contributed by atoms with Gasteiger partial charge in [0.1, 0.15) is 6.61 Å². The van der Waals surface area contributed by atoms with E-state index in [4.69, 9.17) is 5.11 Å². The summed E-state index contributed by atoms with van der Waals surface area (Å²) in [6.07, 6.45) is 0.992. The molecule has 1 aromatic rings. The first kappa shape index (κ1) is 14.6. The third-order valence-electron chi connectivity index (χ3n) is 3.87. The summed E-state index contributed by atoms with van der Waals surface area (Å²) >= 11 is 0. The van der Waals surface area contributed by atoms with Crippen molar-refractivity contribution in [3.63, 3.8) is 0 Å². The topological polar surface area (TPSA) is 40.5 Å². The molecule has 0 spiro atoms. The first-order chi connectivity index (χ1) is 9.44. The summed E-state index contributed by atoms with van der Waals surface area (Å²) < 4.78 is 0. The van der Waals surface area contributed by atoms with Crippen molar-refractivity contribution in [3.8, 4) is 11.8 Å². The molecule has 3 heteroatoms. The summed E-state index contributed by atoms with van der Waals surface area (Å²) in [4.78, 5) is 14.0. The Bertz CT molecular complexity index is 549. The lowest BCUT2D eigenvalue weighted by molar-refractivity contribution is -0.132. The summed E-state index contributed by atoms with van der Waals surface area (Å²) in [7, 11) is 1.86. The van der Waals surface area contributed by atoms with Crippen LogP contribution in [0.1, 0.15) is 31.4 Å². The Morgan fingerprint density at radius 3 is 2.50 bits per heavy atom. The van der Waals surface area contributed by atoms with Gasteiger partial charge in [-0.25, -0.2) is 0 Å². The second kappa shape index (κ2) is 5.68. The molecular weight excluding hydrogens is 250 g/mol. The Morgan fingerprint density at radius 1 is 1.40 bits per heavy atom. The predicted octanol–water partition coefficient (Wildman–Crippen LogP) is 2.03. The van der Waals surface area contributed by atoms with E-state index < -0.39 is 0 Å². The van der Waals surface area contributed by atoms with E-state index in [-0.39, 0.29) is 23.8 Å². The summed E-state index contributed by atoms with van der Waals surface area (Å²) in [5.41, 5.74) is 2.14. The number of amides is 1. The number of aliphatic hydroxyl groups excluding tert-OH is 1. The average Bonchev–Trinajstić information content (AvgIpc) is 3.06. The van der Waals surface area contributed by atoms with E-state index in [0.717, 1.165) is 17.5 Å². The van der Waals surface area contributed by atoms with Gasteiger partial charge in [-0.05, 0) is 29.5 Å². The Morgan fingerprint density at radius 2 is 2.00 bits per heavy atom. The Kier molecular flexibility index (Phi) is 4.15. The second-order valence-electron chi connectivity index (χ2n) is 6.10. The molecule has 1 aromatic carbocycles. The highest BCUT2D eigenvalue weighted by Gasteiger charge is 2.51. The van der Waals surface area contributed by atoms with Crippen LogP contribution < -0.4 is 0 Å². The van der Waals surface area contributed by atoms with Crippen molar-refractivity contribution in [2.45, 2.75) is 26.8 Å². The molecule has 106 valence electrons. The number of rotatable bonds is 3. The van der Waals surface area contributed by atoms with Gasteiger partial charge < -0.3 is 10.0 Å². The third kappa shape index (κ3) is 3.40. The van der Waals surface area contributed by atoms with Crippen LogP contribution in [0.4, 0.5) is 0 Å². The standard InChI is InChI=1S/C17H21NO2/c1-17(2)11-15(17)16(20)18(3)12-14-8-6-13(7-9-14)5-4-10-19/h6-9,15,19H,10-12H2,1-3H3. The summed E-state index contributed by atoms with van der Waals surface area (Å²) in [6.45, 7) is 4.77. The molecule has 1 fully saturated rings. The van der Waals surface area contributed by atoms with Crippen LogP contribution in [-0.4, -0.2) is 29.6 Å². The van der Waals surface area contributed by atoms with Crippen molar-refractivity contribution < 1.29 is 9.90 Å². The lowest BCUT2D eigenvalue weighted by atomic mass is 10.1. The van der Waals surface area contributed by atoms with Gasteiger partial charge in [0.2, 0.25) is 5.91 Å². The highest BCUT2D eigenvalue weighted by atomic mass is 16.2. The molecule has 3 nitrogen and oxygen atoms in total. The van der Waals surface area contributed by atoms with E-state index in [1.54, 1.807) is 4.90 Å². The maximum Gasteiger partial charge on any atom is 0.226 e. The number of hydrogen-bond acceptors (Lipinski definition) is 2. The van der Waals surface area contributed by atoms with Crippen molar-refractivity contribution in [1.29, 1.82) is 0 Å². The zero-order valence-corrected chi connectivity index (χ0v) is 12.3. The largest absolute Gasteiger partial charge is 0.384 e. The first-order valence-electron chi connectivity index (χ1n) is 6.88. The maximum absolute atomic E-state index is 12.2. The van der Waals surface area contributed by atoms with Gasteiger partial charge in [0, 0.05) is 25.1 Å². The van der Waals surface area contributed by atoms with Gasteiger partial charge in [0.05, 0.1) is 0 Å². The minimum atomic E-state index is -0.129. The van der Waals surface area contributed by atoms with Crippen LogP contribution in [0.25, 0.3) is 0 Å². The molecular formula is C17H21NO2. The Labute approximate surface area is 120 Å². The van der Waals surface area contributed by atoms with Crippen molar-refractivity contribution >= 4 is 5.91 Å². The van der Waals surface area contributed by atoms with Crippen molar-refractivity contribution in [2.24, 2.45) is 11.3 Å². The lowest BCUT2D eigenvalue weighted by Gasteiger charge is -2.18. The fourth-order valence-electron chi connectivity index (χ4n) is 2.34. The van der Waals surface area contributed by atoms with E-state index in [9.17, 15) is 4.79 Å². The Hall–Kier alpha value is -1.79. The summed E-state index contributed by atoms with van der Waals surface area (Å²) in [5.74, 6) is 5.89. The lowest BCUT2D eigenvalue weighted by Crippen LogP contribution is -2.28. The number of hydrogen-bond donors (Lipinski definition) is 1. The van der Waals surface area contributed by atoms with Crippen LogP contribution >= 0.6 is 0 Å². The Balaban J connectivity index is 1.94. The van der Waals surface area contributed by atoms with Gasteiger partial charge in [0.25, 0.3) is 0 Å². The second-order valence-corrected chi connectivity index (χ2v) is 6.10. The van der Waals surface area contributed by atoms with Crippen LogP contribution in [0.5, 0.6) is 0 Å². The van der Waals surface area contributed by atoms with Gasteiger partial charge in [-0.1, -0.05) is 37.8 Å². The molecule has 0 saturated heterocycles. The van der Waals surface area contributed by atoms with E-state index >= 15 is 0 Å². The quantitative estimate of drug-likeness (QED) is 0.855. The number of aliphatic hydroxyl groups is 1. The van der Waals surface area contributed by atoms with Crippen LogP contribution in [-0.2, 0) is 11.3 Å². The average molecular weight is 271 g/mol. The molecule has 1 aliphatic carbocycles. The van der Waals surface area contributed by atoms with Gasteiger partial charge in [0.15, 0.2) is 0 Å². The molecule has 1 N–H and O–H groups in total. The van der Waals surface area contributed by atoms with Gasteiger partial charge in [-0.3, -0.25) is 4.79 Å². The van der Waals surface area contributed by atoms with Crippen molar-refractivity contribution in [3.05, 3.63) is 35.4 Å². The molecule has 0 aromatic heterocycles. The van der Waals surface area contributed by atoms with Crippen LogP contribution in [0, 0.1) is 23.2 Å². The minimum Gasteiger partial charge on any atom is -0.384 e. The van der Waals surface area contributed by atoms with Crippen LogP contribution in [0.3, 0.4) is 0 Å². The van der Waals surface area contributed by atoms with Crippen molar-refractivity contribution in [2.75, 3.05) is 13.7 Å². The maximum atomic E-state index is 12.2. The van der Waals surface area contributed by atoms with E-state index in [1.807, 2.05) is 31.3 Å². The zero-order chi connectivity index (χ0) is 14.8. The zero-order valence-electron chi connectivity index (χ0n) is 12.3. The molecule has 1 amide bonds. The highest BCUT2D eigenvalue weighted by Crippen LogP contribution is 2.52. The molecule has 0 heterocycles. The SMILES string of the molecule is CN(Cc1ccc(C#CCO)cc1)C(=O)C1CC1(C)C. The predicted molar refractivity (Wildman–Crippen MR) is 78.8 cm³/mol. The van der Waals surface area contributed by atoms with Crippen molar-refractivity contribution in [1.82, 2.24) is 4.90 Å². The van der Waals surface area contributed by atoms with Gasteiger partial charge in [-0.2, -0.15) is 0 Å². The monoisotopic (exact) mass is 271 g/mol. The molecule has 2 rings (SSSR count).